The van der Waals surface area contributed by atoms with E-state index in [-0.39, 0.29) is 18.9 Å². The molecule has 0 aromatic carbocycles. The largest absolute Gasteiger partial charge is 0.394 e. The van der Waals surface area contributed by atoms with Crippen molar-refractivity contribution in [1.82, 2.24) is 5.32 Å². The highest BCUT2D eigenvalue weighted by atomic mass is 16.8. The summed E-state index contributed by atoms with van der Waals surface area (Å²) in [5.74, 6) is -0.257. The minimum atomic E-state index is -1.97. The van der Waals surface area contributed by atoms with Crippen LogP contribution in [0.4, 0.5) is 0 Å². The van der Waals surface area contributed by atoms with Crippen LogP contribution in [0.15, 0.2) is 24.3 Å². The number of carbonyl (C=O) groups is 1. The molecule has 19 nitrogen and oxygen atoms in total. The van der Waals surface area contributed by atoms with Crippen molar-refractivity contribution >= 4 is 5.91 Å². The van der Waals surface area contributed by atoms with E-state index in [4.69, 9.17) is 28.4 Å². The third kappa shape index (κ3) is 26.7. The number of hydrogen-bond acceptors (Lipinski definition) is 18. The summed E-state index contributed by atoms with van der Waals surface area (Å²) >= 11 is 0. The summed E-state index contributed by atoms with van der Waals surface area (Å²) < 4.78 is 34.3. The Morgan fingerprint density at radius 1 is 0.462 bits per heavy atom. The van der Waals surface area contributed by atoms with E-state index in [0.29, 0.717) is 12.8 Å². The first-order chi connectivity index (χ1) is 37.8. The van der Waals surface area contributed by atoms with Gasteiger partial charge in [-0.15, -0.1) is 0 Å². The van der Waals surface area contributed by atoms with Gasteiger partial charge >= 0.3 is 0 Å². The summed E-state index contributed by atoms with van der Waals surface area (Å²) in [5.41, 5.74) is 0. The first-order valence-corrected chi connectivity index (χ1v) is 30.6. The number of aliphatic hydroxyl groups is 11. The van der Waals surface area contributed by atoms with Crippen LogP contribution in [0, 0.1) is 0 Å². The molecule has 19 heteroatoms. The molecule has 0 aromatic rings. The lowest BCUT2D eigenvalue weighted by Gasteiger charge is -2.48. The molecule has 12 N–H and O–H groups in total. The fraction of sp³-hybridized carbons (Fsp3) is 0.915. The summed E-state index contributed by atoms with van der Waals surface area (Å²) in [6.07, 6.45) is 16.9. The average molecular weight is 1120 g/mol. The molecule has 3 aliphatic rings. The summed E-state index contributed by atoms with van der Waals surface area (Å²) in [6, 6.07) is -0.892. The van der Waals surface area contributed by atoms with Gasteiger partial charge in [0.1, 0.15) is 73.2 Å². The van der Waals surface area contributed by atoms with Gasteiger partial charge in [-0.2, -0.15) is 0 Å². The number of hydrogen-bond donors (Lipinski definition) is 12. The van der Waals surface area contributed by atoms with Crippen molar-refractivity contribution in [1.29, 1.82) is 0 Å². The molecule has 3 rings (SSSR count). The molecule has 3 fully saturated rings. The molecule has 0 aromatic heterocycles. The van der Waals surface area contributed by atoms with Crippen LogP contribution in [-0.4, -0.2) is 193 Å². The normalized spacial score (nSPS) is 30.6. The Morgan fingerprint density at radius 2 is 0.872 bits per heavy atom. The van der Waals surface area contributed by atoms with E-state index in [9.17, 15) is 61.0 Å². The SMILES string of the molecule is CCC/C=C\C/C=C\CCCCCCCC(=O)NC(COC1OC(CO)C(OC2OC(CO)C(OC3OC(CO)C(O)C(O)C3O)C(O)C2O)C(O)C1O)C(O)CCCCCCCCCCCCCCCCCCCCCC. The molecule has 1 amide bonds. The number of allylic oxidation sites excluding steroid dienone is 4. The summed E-state index contributed by atoms with van der Waals surface area (Å²) in [7, 11) is 0. The summed E-state index contributed by atoms with van der Waals surface area (Å²) in [5, 5.41) is 120. The van der Waals surface area contributed by atoms with Gasteiger partial charge in [-0.3, -0.25) is 4.79 Å². The topological polar surface area (TPSA) is 307 Å². The number of nitrogens with one attached hydrogen (secondary N) is 1. The van der Waals surface area contributed by atoms with E-state index in [1.807, 2.05) is 0 Å². The summed E-state index contributed by atoms with van der Waals surface area (Å²) in [4.78, 5) is 13.3. The van der Waals surface area contributed by atoms with Gasteiger partial charge in [-0.25, -0.2) is 0 Å². The van der Waals surface area contributed by atoms with Crippen LogP contribution in [0.3, 0.4) is 0 Å². The quantitative estimate of drug-likeness (QED) is 0.0263. The van der Waals surface area contributed by atoms with Crippen molar-refractivity contribution in [3.05, 3.63) is 24.3 Å². The van der Waals surface area contributed by atoms with Crippen LogP contribution in [0.5, 0.6) is 0 Å². The van der Waals surface area contributed by atoms with Crippen molar-refractivity contribution in [3.8, 4) is 0 Å². The van der Waals surface area contributed by atoms with Gasteiger partial charge in [0, 0.05) is 6.42 Å². The Bertz CT molecular complexity index is 1530. The van der Waals surface area contributed by atoms with Crippen LogP contribution in [0.2, 0.25) is 0 Å². The third-order valence-electron chi connectivity index (χ3n) is 15.5. The molecular formula is C59H109NO18. The Morgan fingerprint density at radius 3 is 1.36 bits per heavy atom. The van der Waals surface area contributed by atoms with Crippen molar-refractivity contribution in [2.45, 2.75) is 317 Å². The van der Waals surface area contributed by atoms with Gasteiger partial charge < -0.3 is 89.9 Å². The molecule has 3 saturated heterocycles. The van der Waals surface area contributed by atoms with Crippen LogP contribution < -0.4 is 5.32 Å². The van der Waals surface area contributed by atoms with Crippen molar-refractivity contribution < 1.29 is 89.4 Å². The number of aliphatic hydroxyl groups excluding tert-OH is 11. The molecule has 0 saturated carbocycles. The Labute approximate surface area is 467 Å². The second-order valence-corrected chi connectivity index (χ2v) is 22.2. The third-order valence-corrected chi connectivity index (χ3v) is 15.5. The molecule has 458 valence electrons. The maximum Gasteiger partial charge on any atom is 0.220 e. The molecule has 0 aliphatic carbocycles. The van der Waals surface area contributed by atoms with Crippen LogP contribution in [0.1, 0.15) is 213 Å². The number of ether oxygens (including phenoxy) is 6. The fourth-order valence-corrected chi connectivity index (χ4v) is 10.5. The standard InChI is InChI=1S/C59H109NO18/c1-3-5-7-9-11-13-15-17-18-19-20-21-22-23-25-26-28-30-32-34-36-43(64)42(60-47(65)37-35-33-31-29-27-24-16-14-12-10-8-6-4-2)41-73-57-53(71)50(68)55(45(39-62)75-57)78-59-54(72)51(69)56(46(40-63)76-59)77-58-52(70)49(67)48(66)44(38-61)74-58/h8,10,14,16,42-46,48-59,61-64,66-72H,3-7,9,11-13,15,17-41H2,1-2H3,(H,60,65)/b10-8-,16-14-. The highest BCUT2D eigenvalue weighted by molar-refractivity contribution is 5.76. The fourth-order valence-electron chi connectivity index (χ4n) is 10.5. The molecule has 0 radical (unpaired) electrons. The molecule has 78 heavy (non-hydrogen) atoms. The molecule has 17 unspecified atom stereocenters. The predicted octanol–water partition coefficient (Wildman–Crippen LogP) is 5.54. The first kappa shape index (κ1) is 70.5. The lowest BCUT2D eigenvalue weighted by Crippen LogP contribution is -2.66. The maximum atomic E-state index is 13.3. The highest BCUT2D eigenvalue weighted by Crippen LogP contribution is 2.33. The van der Waals surface area contributed by atoms with Gasteiger partial charge in [-0.1, -0.05) is 192 Å². The number of amides is 1. The van der Waals surface area contributed by atoms with E-state index in [1.54, 1.807) is 0 Å². The second kappa shape index (κ2) is 43.0. The van der Waals surface area contributed by atoms with E-state index in [1.165, 1.54) is 103 Å². The van der Waals surface area contributed by atoms with Crippen molar-refractivity contribution in [3.63, 3.8) is 0 Å². The summed E-state index contributed by atoms with van der Waals surface area (Å²) in [6.45, 7) is 1.72. The van der Waals surface area contributed by atoms with Crippen LogP contribution >= 0.6 is 0 Å². The Kier molecular flexibility index (Phi) is 38.9. The molecule has 3 aliphatic heterocycles. The average Bonchev–Trinajstić information content (AvgIpc) is 3.43. The zero-order valence-corrected chi connectivity index (χ0v) is 47.7. The molecule has 3 heterocycles. The monoisotopic (exact) mass is 1120 g/mol. The van der Waals surface area contributed by atoms with Gasteiger partial charge in [0.05, 0.1) is 38.6 Å². The lowest BCUT2D eigenvalue weighted by atomic mass is 9.96. The van der Waals surface area contributed by atoms with E-state index in [0.717, 1.165) is 77.0 Å². The molecular weight excluding hydrogens is 1010 g/mol. The van der Waals surface area contributed by atoms with Gasteiger partial charge in [-0.05, 0) is 38.5 Å². The van der Waals surface area contributed by atoms with Crippen LogP contribution in [-0.2, 0) is 33.2 Å². The smallest absolute Gasteiger partial charge is 0.220 e. The minimum absolute atomic E-state index is 0.251. The van der Waals surface area contributed by atoms with E-state index < -0.39 is 124 Å². The lowest BCUT2D eigenvalue weighted by molar-refractivity contribution is -0.379. The van der Waals surface area contributed by atoms with Crippen molar-refractivity contribution in [2.24, 2.45) is 0 Å². The first-order valence-electron chi connectivity index (χ1n) is 30.6. The number of unbranched alkanes of at least 4 members (excludes halogenated alkanes) is 25. The minimum Gasteiger partial charge on any atom is -0.394 e. The highest BCUT2D eigenvalue weighted by Gasteiger charge is 2.53. The molecule has 0 bridgehead atoms. The predicted molar refractivity (Wildman–Crippen MR) is 296 cm³/mol. The zero-order valence-electron chi connectivity index (χ0n) is 47.7. The Hall–Kier alpha value is -1.73. The Balaban J connectivity index is 1.48. The number of carbonyl (C=O) groups excluding carboxylic acids is 1. The van der Waals surface area contributed by atoms with Crippen molar-refractivity contribution in [2.75, 3.05) is 26.4 Å². The van der Waals surface area contributed by atoms with E-state index >= 15 is 0 Å². The molecule has 17 atom stereocenters. The van der Waals surface area contributed by atoms with Crippen LogP contribution in [0.25, 0.3) is 0 Å². The second-order valence-electron chi connectivity index (χ2n) is 22.2. The van der Waals surface area contributed by atoms with Gasteiger partial charge in [0.25, 0.3) is 0 Å². The number of rotatable bonds is 45. The molecule has 0 spiro atoms. The van der Waals surface area contributed by atoms with E-state index in [2.05, 4.69) is 43.5 Å². The zero-order chi connectivity index (χ0) is 56.9. The van der Waals surface area contributed by atoms with Gasteiger partial charge in [0.15, 0.2) is 18.9 Å². The van der Waals surface area contributed by atoms with Gasteiger partial charge in [0.2, 0.25) is 5.91 Å². The maximum absolute atomic E-state index is 13.3.